The van der Waals surface area contributed by atoms with E-state index in [2.05, 4.69) is 58.6 Å². The molecule has 4 aromatic heterocycles. The normalized spacial score (nSPS) is 13.4. The summed E-state index contributed by atoms with van der Waals surface area (Å²) in [5.74, 6) is -3.00. The number of sulfonamides is 1. The van der Waals surface area contributed by atoms with E-state index in [4.69, 9.17) is 20.7 Å². The maximum absolute atomic E-state index is 13.5. The van der Waals surface area contributed by atoms with Crippen molar-refractivity contribution in [3.05, 3.63) is 113 Å². The molecule has 0 bridgehead atoms. The number of halogens is 3. The molecule has 8 rings (SSSR count). The zero-order chi connectivity index (χ0) is 58.5. The van der Waals surface area contributed by atoms with Gasteiger partial charge in [-0.25, -0.2) is 22.8 Å². The Morgan fingerprint density at radius 3 is 2.23 bits per heavy atom. The van der Waals surface area contributed by atoms with Crippen molar-refractivity contribution >= 4 is 62.0 Å². The number of carbonyl (C=O) groups excluding carboxylic acids is 3. The Hall–Kier alpha value is -7.37. The van der Waals surface area contributed by atoms with Crippen LogP contribution in [-0.2, 0) is 44.5 Å². The zero-order valence-electron chi connectivity index (χ0n) is 46.6. The minimum atomic E-state index is -5.03. The van der Waals surface area contributed by atoms with Crippen LogP contribution in [-0.4, -0.2) is 97.7 Å². The van der Waals surface area contributed by atoms with Gasteiger partial charge < -0.3 is 31.1 Å². The van der Waals surface area contributed by atoms with E-state index in [-0.39, 0.29) is 35.2 Å². The Morgan fingerprint density at radius 1 is 0.950 bits per heavy atom. The first-order valence-electron chi connectivity index (χ1n) is 26.5. The fourth-order valence-electron chi connectivity index (χ4n) is 8.33. The van der Waals surface area contributed by atoms with Crippen molar-refractivity contribution in [3.63, 3.8) is 0 Å². The number of likely N-dealkylation sites (tertiary alicyclic amines) is 1. The number of nitrogens with two attached hydrogens (primary N) is 1. The molecular formula is C57H74F3N11O7S2. The summed E-state index contributed by atoms with van der Waals surface area (Å²) < 4.78 is 76.0. The highest BCUT2D eigenvalue weighted by molar-refractivity contribution is 7.93. The van der Waals surface area contributed by atoms with E-state index in [0.29, 0.717) is 60.2 Å². The second-order valence-electron chi connectivity index (χ2n) is 19.7. The van der Waals surface area contributed by atoms with Crippen LogP contribution in [0.4, 0.5) is 24.7 Å². The highest BCUT2D eigenvalue weighted by Crippen LogP contribution is 2.40. The van der Waals surface area contributed by atoms with E-state index in [1.807, 2.05) is 47.1 Å². The molecule has 18 nitrogen and oxygen atoms in total. The van der Waals surface area contributed by atoms with E-state index in [1.54, 1.807) is 47.3 Å². The molecule has 2 atom stereocenters. The fourth-order valence-corrected chi connectivity index (χ4v) is 9.71. The second kappa shape index (κ2) is 30.8. The first kappa shape index (κ1) is 63.5. The van der Waals surface area contributed by atoms with Gasteiger partial charge in [0, 0.05) is 82.2 Å². The number of nitrogens with one attached hydrogen (secondary N) is 3. The highest BCUT2D eigenvalue weighted by atomic mass is 32.2. The van der Waals surface area contributed by atoms with Crippen LogP contribution in [0.1, 0.15) is 109 Å². The smallest absolute Gasteiger partial charge is 0.355 e. The molecule has 3 amide bonds. The fraction of sp³-hybridized carbons (Fsp3) is 0.421. The van der Waals surface area contributed by atoms with Gasteiger partial charge in [-0.1, -0.05) is 82.5 Å². The molecule has 0 saturated carbocycles. The topological polar surface area (TPSA) is 242 Å². The molecular weight excluding hydrogens is 1070 g/mol. The van der Waals surface area contributed by atoms with Gasteiger partial charge >= 0.3 is 5.76 Å². The number of nitrogens with zero attached hydrogens (tertiary/aromatic N) is 7. The van der Waals surface area contributed by atoms with Gasteiger partial charge in [0.25, 0.3) is 10.0 Å². The molecule has 6 N–H and O–H groups in total. The number of pyridine rings is 1. The average Bonchev–Trinajstić information content (AvgIpc) is 4.32. The molecule has 0 spiro atoms. The van der Waals surface area contributed by atoms with Crippen molar-refractivity contribution in [1.82, 2.24) is 45.1 Å². The third kappa shape index (κ3) is 18.9. The lowest BCUT2D eigenvalue weighted by atomic mass is 10.0. The summed E-state index contributed by atoms with van der Waals surface area (Å²) in [4.78, 5) is 43.9. The summed E-state index contributed by atoms with van der Waals surface area (Å²) in [5, 5.41) is 24.2. The molecule has 1 aliphatic heterocycles. The van der Waals surface area contributed by atoms with Gasteiger partial charge in [0.05, 0.1) is 45.0 Å². The van der Waals surface area contributed by atoms with Crippen LogP contribution < -0.4 is 25.8 Å². The number of β-amino-alcohol motifs (C(OH)–C–C–N with tert-alkyl or cyclic N) is 1. The molecule has 23 heteroatoms. The molecule has 1 fully saturated rings. The number of fused-ring (bicyclic) bond motifs is 1. The number of aromatic nitrogens is 6. The van der Waals surface area contributed by atoms with Gasteiger partial charge in [0.15, 0.2) is 0 Å². The number of hydrogen-bond acceptors (Lipinski definition) is 13. The molecule has 5 heterocycles. The van der Waals surface area contributed by atoms with Crippen molar-refractivity contribution in [2.75, 3.05) is 30.1 Å². The summed E-state index contributed by atoms with van der Waals surface area (Å²) in [7, 11) is -3.27. The largest absolute Gasteiger partial charge is 0.484 e. The standard InChI is InChI=1S/C35H41F3N8O4S.C12H12N2OS.C6H11NO2.C4H10/c1-4-40-30(47)10-8-6-5-7-9-17-46-21-25(19-42-46)27-20-41-34(39)31-32(43-45(3)33(27)31)24-13-16-28(44-51(48,49)35(37)38)29(18-24)50-22(2)23-11-14-26(36)15-12-23;1-9-12(16-8-14-9)11-4-2-10(3-5-11)6-13-7-15;1-5(8)7-3-2-6(9)4-7;1-4(2)3/h11-16,18-22,35,44H,4-10,17H2,1-3H3,(H2,39,41)(H,40,47);2-5,7-8H,6H2,1H3,(H,13,15);6,9H,2-4H2,1H3;4H,1-3H3. The predicted molar refractivity (Wildman–Crippen MR) is 309 cm³/mol. The third-order valence-electron chi connectivity index (χ3n) is 12.3. The van der Waals surface area contributed by atoms with E-state index < -0.39 is 27.7 Å². The molecule has 3 aromatic carbocycles. The van der Waals surface area contributed by atoms with Gasteiger partial charge in [-0.2, -0.15) is 19.0 Å². The van der Waals surface area contributed by atoms with E-state index in [1.165, 1.54) is 59.8 Å². The van der Waals surface area contributed by atoms with Gasteiger partial charge in [-0.05, 0) is 86.9 Å². The minimum Gasteiger partial charge on any atom is -0.484 e. The number of aliphatic hydroxyl groups excluding tert-OH is 1. The summed E-state index contributed by atoms with van der Waals surface area (Å²) in [6.45, 7) is 16.8. The number of benzene rings is 3. The highest BCUT2D eigenvalue weighted by Gasteiger charge is 2.27. The van der Waals surface area contributed by atoms with Crippen LogP contribution in [0, 0.1) is 18.7 Å². The lowest BCUT2D eigenvalue weighted by Gasteiger charge is -2.19. The number of thiazole rings is 1. The quantitative estimate of drug-likeness (QED) is 0.0333. The van der Waals surface area contributed by atoms with Crippen LogP contribution in [0.5, 0.6) is 5.75 Å². The maximum atomic E-state index is 13.5. The van der Waals surface area contributed by atoms with Crippen molar-refractivity contribution in [2.24, 2.45) is 13.0 Å². The number of ether oxygens (including phenoxy) is 1. The molecule has 7 aromatic rings. The summed E-state index contributed by atoms with van der Waals surface area (Å²) >= 11 is 1.64. The molecule has 1 aliphatic rings. The molecule has 2 unspecified atom stereocenters. The number of aryl methyl sites for hydroxylation is 3. The monoisotopic (exact) mass is 1150 g/mol. The average molecular weight is 1150 g/mol. The van der Waals surface area contributed by atoms with Crippen molar-refractivity contribution in [2.45, 2.75) is 124 Å². The lowest BCUT2D eigenvalue weighted by molar-refractivity contribution is -0.128. The Labute approximate surface area is 470 Å². The number of anilines is 2. The van der Waals surface area contributed by atoms with Gasteiger partial charge in [0.2, 0.25) is 18.2 Å². The minimum absolute atomic E-state index is 0.0571. The summed E-state index contributed by atoms with van der Waals surface area (Å²) in [5.41, 5.74) is 15.0. The van der Waals surface area contributed by atoms with Gasteiger partial charge in [-0.15, -0.1) is 11.3 Å². The van der Waals surface area contributed by atoms with Crippen LogP contribution in [0.25, 0.3) is 43.7 Å². The van der Waals surface area contributed by atoms with Gasteiger partial charge in [0.1, 0.15) is 29.2 Å². The van der Waals surface area contributed by atoms with E-state index >= 15 is 0 Å². The molecule has 1 saturated heterocycles. The lowest BCUT2D eigenvalue weighted by Crippen LogP contribution is -2.26. The number of unbranched alkanes of at least 4 members (excludes halogenated alkanes) is 4. The first-order valence-corrected chi connectivity index (χ1v) is 28.9. The zero-order valence-corrected chi connectivity index (χ0v) is 48.2. The third-order valence-corrected chi connectivity index (χ3v) is 14.3. The number of alkyl halides is 2. The second-order valence-corrected chi connectivity index (χ2v) is 22.3. The van der Waals surface area contributed by atoms with Crippen LogP contribution >= 0.6 is 11.3 Å². The van der Waals surface area contributed by atoms with Crippen LogP contribution in [0.2, 0.25) is 0 Å². The molecule has 0 aliphatic carbocycles. The first-order chi connectivity index (χ1) is 38.1. The Morgan fingerprint density at radius 2 is 1.62 bits per heavy atom. The van der Waals surface area contributed by atoms with Crippen molar-refractivity contribution < 1.29 is 45.8 Å². The Balaban J connectivity index is 0.000000326. The SMILES string of the molecule is CC(=O)N1CCC(O)C1.CC(C)C.CCNC(=O)CCCCCCCn1cc(-c2cnc(N)c3c(-c4ccc(NS(=O)(=O)C(F)F)c(OC(C)c5ccc(F)cc5)c4)nn(C)c23)cn1.Cc1ncsc1-c1ccc(CNC=O)cc1. The van der Waals surface area contributed by atoms with E-state index in [0.717, 1.165) is 79.9 Å². The number of rotatable bonds is 21. The Bertz CT molecular complexity index is 3200. The number of aliphatic hydroxyl groups is 1. The molecule has 432 valence electrons. The predicted octanol–water partition coefficient (Wildman–Crippen LogP) is 10.4. The number of nitrogen functional groups attached to an aromatic ring is 1. The summed E-state index contributed by atoms with van der Waals surface area (Å²) in [6, 6.07) is 18.0. The van der Waals surface area contributed by atoms with Crippen LogP contribution in [0.3, 0.4) is 0 Å². The summed E-state index contributed by atoms with van der Waals surface area (Å²) in [6.07, 6.45) is 11.2. The van der Waals surface area contributed by atoms with Crippen molar-refractivity contribution in [1.29, 1.82) is 0 Å². The van der Waals surface area contributed by atoms with E-state index in [9.17, 15) is 36.0 Å². The number of amides is 3. The Kier molecular flexibility index (Phi) is 24.5. The maximum Gasteiger partial charge on any atom is 0.355 e. The van der Waals surface area contributed by atoms with Crippen molar-refractivity contribution in [3.8, 4) is 38.6 Å². The van der Waals surface area contributed by atoms with Crippen LogP contribution in [0.15, 0.2) is 90.8 Å². The molecule has 80 heavy (non-hydrogen) atoms. The number of carbonyl (C=O) groups is 3. The molecule has 0 radical (unpaired) electrons. The number of hydrogen-bond donors (Lipinski definition) is 5. The van der Waals surface area contributed by atoms with Gasteiger partial charge in [-0.3, -0.25) is 28.5 Å².